The van der Waals surface area contributed by atoms with E-state index in [1.54, 1.807) is 18.3 Å². The van der Waals surface area contributed by atoms with Crippen LogP contribution in [0.4, 0.5) is 0 Å². The fourth-order valence-corrected chi connectivity index (χ4v) is 2.89. The number of fused-ring (bicyclic) bond motifs is 1. The number of Topliss-reactive ketones (excluding diaryl/α,β-unsaturated/α-hetero) is 1. The van der Waals surface area contributed by atoms with Gasteiger partial charge in [0.05, 0.1) is 16.7 Å². The summed E-state index contributed by atoms with van der Waals surface area (Å²) in [7, 11) is 0. The Morgan fingerprint density at radius 3 is 2.74 bits per heavy atom. The lowest BCUT2D eigenvalue weighted by molar-refractivity contribution is 0.0826. The van der Waals surface area contributed by atoms with E-state index >= 15 is 0 Å². The van der Waals surface area contributed by atoms with Crippen molar-refractivity contribution in [3.8, 4) is 5.75 Å². The van der Waals surface area contributed by atoms with Gasteiger partial charge in [-0.05, 0) is 36.3 Å². The van der Waals surface area contributed by atoms with Gasteiger partial charge in [0.15, 0.2) is 12.4 Å². The largest absolute Gasteiger partial charge is 0.482 e. The maximum atomic E-state index is 12.4. The molecule has 0 aliphatic carbocycles. The van der Waals surface area contributed by atoms with Gasteiger partial charge < -0.3 is 4.74 Å². The fraction of sp³-hybridized carbons (Fsp3) is 0.158. The van der Waals surface area contributed by atoms with Crippen LogP contribution in [-0.2, 0) is 0 Å². The molecule has 3 aromatic rings. The van der Waals surface area contributed by atoms with E-state index in [-0.39, 0.29) is 33.7 Å². The highest BCUT2D eigenvalue weighted by Gasteiger charge is 2.19. The number of benzene rings is 1. The number of ketones is 1. The van der Waals surface area contributed by atoms with Gasteiger partial charge in [-0.15, -0.1) is 0 Å². The van der Waals surface area contributed by atoms with Crippen molar-refractivity contribution in [3.05, 3.63) is 64.4 Å². The SMILES string of the molecule is C=C(CC)C(=O)c1ccc(OCC(=O)n2ncc3ncccc32)c(Cl)c1Cl. The molecule has 0 spiro atoms. The van der Waals surface area contributed by atoms with Crippen molar-refractivity contribution in [1.29, 1.82) is 0 Å². The van der Waals surface area contributed by atoms with Crippen LogP contribution in [0.2, 0.25) is 10.0 Å². The molecule has 0 unspecified atom stereocenters. The van der Waals surface area contributed by atoms with Crippen molar-refractivity contribution in [2.24, 2.45) is 0 Å². The second-order valence-electron chi connectivity index (χ2n) is 5.67. The quantitative estimate of drug-likeness (QED) is 0.443. The molecule has 0 N–H and O–H groups in total. The molecule has 2 heterocycles. The molecule has 0 bridgehead atoms. The van der Waals surface area contributed by atoms with Gasteiger partial charge in [-0.25, -0.2) is 0 Å². The Bertz CT molecular complexity index is 1060. The lowest BCUT2D eigenvalue weighted by Gasteiger charge is -2.12. The summed E-state index contributed by atoms with van der Waals surface area (Å²) in [4.78, 5) is 28.8. The lowest BCUT2D eigenvalue weighted by atomic mass is 10.0. The van der Waals surface area contributed by atoms with E-state index in [4.69, 9.17) is 27.9 Å². The van der Waals surface area contributed by atoms with Gasteiger partial charge in [0, 0.05) is 11.8 Å². The molecule has 8 heteroatoms. The molecule has 27 heavy (non-hydrogen) atoms. The Kier molecular flexibility index (Phi) is 5.58. The van der Waals surface area contributed by atoms with Gasteiger partial charge in [0.1, 0.15) is 16.3 Å². The molecule has 0 saturated heterocycles. The zero-order valence-corrected chi connectivity index (χ0v) is 15.9. The highest BCUT2D eigenvalue weighted by Crippen LogP contribution is 2.35. The molecule has 3 rings (SSSR count). The van der Waals surface area contributed by atoms with Crippen LogP contribution in [-0.4, -0.2) is 33.1 Å². The number of rotatable bonds is 6. The number of carbonyl (C=O) groups excluding carboxylic acids is 2. The summed E-state index contributed by atoms with van der Waals surface area (Å²) in [6.07, 6.45) is 3.62. The standard InChI is InChI=1S/C19H15Cl2N3O3/c1-3-11(2)19(26)12-6-7-15(18(21)17(12)20)27-10-16(25)24-14-5-4-8-22-13(14)9-23-24/h4-9H,2-3,10H2,1H3. The van der Waals surface area contributed by atoms with E-state index in [9.17, 15) is 9.59 Å². The molecule has 2 aromatic heterocycles. The van der Waals surface area contributed by atoms with Crippen molar-refractivity contribution in [3.63, 3.8) is 0 Å². The van der Waals surface area contributed by atoms with Crippen LogP contribution in [0.3, 0.4) is 0 Å². The third-order valence-electron chi connectivity index (χ3n) is 3.97. The zero-order chi connectivity index (χ0) is 19.6. The van der Waals surface area contributed by atoms with Crippen LogP contribution in [0.15, 0.2) is 48.8 Å². The van der Waals surface area contributed by atoms with Crippen molar-refractivity contribution in [1.82, 2.24) is 14.8 Å². The van der Waals surface area contributed by atoms with Gasteiger partial charge in [0.25, 0.3) is 5.91 Å². The van der Waals surface area contributed by atoms with E-state index in [0.717, 1.165) is 0 Å². The minimum atomic E-state index is -0.398. The molecule has 0 aliphatic rings. The molecule has 6 nitrogen and oxygen atoms in total. The summed E-state index contributed by atoms with van der Waals surface area (Å²) < 4.78 is 6.70. The Labute approximate surface area is 165 Å². The van der Waals surface area contributed by atoms with E-state index in [1.165, 1.54) is 23.0 Å². The Hall–Kier alpha value is -2.70. The average Bonchev–Trinajstić information content (AvgIpc) is 3.12. The summed E-state index contributed by atoms with van der Waals surface area (Å²) in [6, 6.07) is 6.45. The smallest absolute Gasteiger partial charge is 0.285 e. The van der Waals surface area contributed by atoms with E-state index < -0.39 is 5.91 Å². The molecule has 138 valence electrons. The number of ether oxygens (including phenoxy) is 1. The highest BCUT2D eigenvalue weighted by atomic mass is 35.5. The molecule has 0 radical (unpaired) electrons. The van der Waals surface area contributed by atoms with Crippen molar-refractivity contribution in [2.45, 2.75) is 13.3 Å². The van der Waals surface area contributed by atoms with Gasteiger partial charge in [-0.1, -0.05) is 36.7 Å². The van der Waals surface area contributed by atoms with Crippen LogP contribution in [0.5, 0.6) is 5.75 Å². The average molecular weight is 404 g/mol. The summed E-state index contributed by atoms with van der Waals surface area (Å²) >= 11 is 12.4. The maximum absolute atomic E-state index is 12.4. The number of carbonyl (C=O) groups is 2. The Morgan fingerprint density at radius 2 is 2.00 bits per heavy atom. The molecule has 0 amide bonds. The summed E-state index contributed by atoms with van der Waals surface area (Å²) in [5.74, 6) is -0.476. The van der Waals surface area contributed by atoms with Crippen LogP contribution in [0, 0.1) is 0 Å². The number of allylic oxidation sites excluding steroid dienone is 1. The van der Waals surface area contributed by atoms with Gasteiger partial charge in [0.2, 0.25) is 0 Å². The van der Waals surface area contributed by atoms with Crippen LogP contribution in [0.25, 0.3) is 11.0 Å². The lowest BCUT2D eigenvalue weighted by Crippen LogP contribution is -2.20. The summed E-state index contributed by atoms with van der Waals surface area (Å²) in [6.45, 7) is 5.23. The monoisotopic (exact) mass is 403 g/mol. The molecular weight excluding hydrogens is 389 g/mol. The molecule has 0 fully saturated rings. The first-order valence-electron chi connectivity index (χ1n) is 8.09. The molecule has 0 atom stereocenters. The normalized spacial score (nSPS) is 10.8. The van der Waals surface area contributed by atoms with E-state index in [0.29, 0.717) is 23.0 Å². The van der Waals surface area contributed by atoms with Crippen molar-refractivity contribution >= 4 is 45.9 Å². The first-order chi connectivity index (χ1) is 12.9. The van der Waals surface area contributed by atoms with Gasteiger partial charge in [-0.2, -0.15) is 9.78 Å². The van der Waals surface area contributed by atoms with Crippen molar-refractivity contribution in [2.75, 3.05) is 6.61 Å². The maximum Gasteiger partial charge on any atom is 0.285 e. The molecule has 0 saturated carbocycles. The second kappa shape index (κ2) is 7.90. The first-order valence-corrected chi connectivity index (χ1v) is 8.84. The first kappa shape index (κ1) is 19.1. The number of hydrogen-bond donors (Lipinski definition) is 0. The predicted octanol–water partition coefficient (Wildman–Crippen LogP) is 4.61. The predicted molar refractivity (Wildman–Crippen MR) is 104 cm³/mol. The fourth-order valence-electron chi connectivity index (χ4n) is 2.43. The molecule has 1 aromatic carbocycles. The molecular formula is C19H15Cl2N3O3. The minimum absolute atomic E-state index is 0.0613. The van der Waals surface area contributed by atoms with Crippen LogP contribution in [0.1, 0.15) is 28.5 Å². The van der Waals surface area contributed by atoms with Gasteiger partial charge >= 0.3 is 0 Å². The number of halogens is 2. The van der Waals surface area contributed by atoms with Gasteiger partial charge in [-0.3, -0.25) is 14.6 Å². The van der Waals surface area contributed by atoms with Crippen LogP contribution >= 0.6 is 23.2 Å². The summed E-state index contributed by atoms with van der Waals surface area (Å²) in [5, 5.41) is 4.15. The number of hydrogen-bond acceptors (Lipinski definition) is 5. The zero-order valence-electron chi connectivity index (χ0n) is 14.4. The molecule has 0 aliphatic heterocycles. The second-order valence-corrected chi connectivity index (χ2v) is 6.43. The Balaban J connectivity index is 1.78. The topological polar surface area (TPSA) is 74.1 Å². The number of pyridine rings is 1. The third kappa shape index (κ3) is 3.72. The summed E-state index contributed by atoms with van der Waals surface area (Å²) in [5.41, 5.74) is 1.85. The Morgan fingerprint density at radius 1 is 1.22 bits per heavy atom. The minimum Gasteiger partial charge on any atom is -0.482 e. The third-order valence-corrected chi connectivity index (χ3v) is 4.83. The highest BCUT2D eigenvalue weighted by molar-refractivity contribution is 6.45. The van der Waals surface area contributed by atoms with E-state index in [2.05, 4.69) is 16.7 Å². The number of aromatic nitrogens is 3. The number of nitrogens with zero attached hydrogens (tertiary/aromatic N) is 3. The van der Waals surface area contributed by atoms with E-state index in [1.807, 2.05) is 6.92 Å². The van der Waals surface area contributed by atoms with Crippen molar-refractivity contribution < 1.29 is 14.3 Å². The van der Waals surface area contributed by atoms with Crippen LogP contribution < -0.4 is 4.74 Å².